The van der Waals surface area contributed by atoms with Gasteiger partial charge >= 0.3 is 6.03 Å². The van der Waals surface area contributed by atoms with Gasteiger partial charge in [0.15, 0.2) is 0 Å². The van der Waals surface area contributed by atoms with Crippen molar-refractivity contribution in [1.29, 1.82) is 0 Å². The molecular formula is C14H26N2O. The lowest BCUT2D eigenvalue weighted by molar-refractivity contribution is 0.152. The Hall–Kier alpha value is -0.730. The van der Waals surface area contributed by atoms with Crippen molar-refractivity contribution in [2.45, 2.75) is 39.5 Å². The zero-order valence-corrected chi connectivity index (χ0v) is 11.5. The third kappa shape index (κ3) is 2.58. The Labute approximate surface area is 105 Å². The van der Waals surface area contributed by atoms with Crippen LogP contribution in [0.5, 0.6) is 0 Å². The molecule has 0 saturated heterocycles. The Morgan fingerprint density at radius 1 is 1.18 bits per heavy atom. The van der Waals surface area contributed by atoms with Gasteiger partial charge in [-0.15, -0.1) is 0 Å². The van der Waals surface area contributed by atoms with Crippen LogP contribution in [0.3, 0.4) is 0 Å². The first kappa shape index (κ1) is 12.7. The molecule has 2 aliphatic rings. The fourth-order valence-corrected chi connectivity index (χ4v) is 3.77. The summed E-state index contributed by atoms with van der Waals surface area (Å²) >= 11 is 0. The van der Waals surface area contributed by atoms with Gasteiger partial charge in [-0.3, -0.25) is 0 Å². The van der Waals surface area contributed by atoms with E-state index in [9.17, 15) is 4.79 Å². The van der Waals surface area contributed by atoms with Crippen molar-refractivity contribution in [3.63, 3.8) is 0 Å². The van der Waals surface area contributed by atoms with Crippen LogP contribution in [0, 0.1) is 17.8 Å². The van der Waals surface area contributed by atoms with E-state index < -0.39 is 0 Å². The summed E-state index contributed by atoms with van der Waals surface area (Å²) in [6.45, 7) is 6.70. The van der Waals surface area contributed by atoms with Crippen molar-refractivity contribution in [3.8, 4) is 0 Å². The van der Waals surface area contributed by atoms with Crippen LogP contribution < -0.4 is 0 Å². The summed E-state index contributed by atoms with van der Waals surface area (Å²) in [4.78, 5) is 16.0. The number of hydrogen-bond donors (Lipinski definition) is 0. The molecule has 0 spiro atoms. The Balaban J connectivity index is 1.84. The highest BCUT2D eigenvalue weighted by molar-refractivity contribution is 5.74. The van der Waals surface area contributed by atoms with E-state index in [1.807, 2.05) is 30.7 Å². The average molecular weight is 238 g/mol. The van der Waals surface area contributed by atoms with Crippen LogP contribution in [0.2, 0.25) is 0 Å². The molecule has 98 valence electrons. The standard InChI is InChI=1S/C14H26N2O/c1-4-16(5-2)14(17)15(3)10-13-9-11-6-7-12(13)8-11/h11-13H,4-10H2,1-3H3. The average Bonchev–Trinajstić information content (AvgIpc) is 2.92. The fourth-order valence-electron chi connectivity index (χ4n) is 3.77. The molecule has 0 aliphatic heterocycles. The molecule has 2 saturated carbocycles. The van der Waals surface area contributed by atoms with Crippen LogP contribution in [-0.2, 0) is 0 Å². The number of carbonyl (C=O) groups is 1. The molecule has 0 N–H and O–H groups in total. The molecule has 17 heavy (non-hydrogen) atoms. The van der Waals surface area contributed by atoms with E-state index in [2.05, 4.69) is 0 Å². The third-order valence-corrected chi connectivity index (χ3v) is 4.75. The molecule has 3 unspecified atom stereocenters. The highest BCUT2D eigenvalue weighted by Crippen LogP contribution is 2.48. The van der Waals surface area contributed by atoms with Crippen molar-refractivity contribution in [2.75, 3.05) is 26.7 Å². The van der Waals surface area contributed by atoms with Crippen LogP contribution in [-0.4, -0.2) is 42.5 Å². The van der Waals surface area contributed by atoms with Crippen LogP contribution in [0.1, 0.15) is 39.5 Å². The molecule has 0 heterocycles. The molecule has 2 fully saturated rings. The summed E-state index contributed by atoms with van der Waals surface area (Å²) in [6, 6.07) is 0.206. The SMILES string of the molecule is CCN(CC)C(=O)N(C)CC1CC2CCC1C2. The van der Waals surface area contributed by atoms with Gasteiger partial charge in [0, 0.05) is 26.7 Å². The number of hydrogen-bond acceptors (Lipinski definition) is 1. The second kappa shape index (κ2) is 5.28. The van der Waals surface area contributed by atoms with Gasteiger partial charge < -0.3 is 9.80 Å². The lowest BCUT2D eigenvalue weighted by Gasteiger charge is -2.31. The molecule has 2 aliphatic carbocycles. The maximum absolute atomic E-state index is 12.2. The molecule has 0 aromatic heterocycles. The van der Waals surface area contributed by atoms with Crippen molar-refractivity contribution < 1.29 is 4.79 Å². The predicted molar refractivity (Wildman–Crippen MR) is 69.9 cm³/mol. The number of amides is 2. The highest BCUT2D eigenvalue weighted by atomic mass is 16.2. The van der Waals surface area contributed by atoms with Crippen molar-refractivity contribution in [1.82, 2.24) is 9.80 Å². The van der Waals surface area contributed by atoms with Crippen LogP contribution in [0.15, 0.2) is 0 Å². The van der Waals surface area contributed by atoms with Crippen LogP contribution in [0.25, 0.3) is 0 Å². The Bertz CT molecular complexity index is 275. The summed E-state index contributed by atoms with van der Waals surface area (Å²) in [6.07, 6.45) is 5.63. The first-order valence-corrected chi connectivity index (χ1v) is 7.15. The molecule has 0 radical (unpaired) electrons. The van der Waals surface area contributed by atoms with E-state index in [0.717, 1.165) is 37.4 Å². The van der Waals surface area contributed by atoms with E-state index in [1.165, 1.54) is 25.7 Å². The number of fused-ring (bicyclic) bond motifs is 2. The Kier molecular flexibility index (Phi) is 3.95. The molecule has 0 aromatic carbocycles. The maximum atomic E-state index is 12.2. The Morgan fingerprint density at radius 2 is 1.88 bits per heavy atom. The molecule has 3 heteroatoms. The molecule has 2 bridgehead atoms. The third-order valence-electron chi connectivity index (χ3n) is 4.75. The minimum atomic E-state index is 0.206. The predicted octanol–water partition coefficient (Wildman–Crippen LogP) is 2.82. The van der Waals surface area contributed by atoms with E-state index in [-0.39, 0.29) is 6.03 Å². The number of nitrogens with zero attached hydrogens (tertiary/aromatic N) is 2. The van der Waals surface area contributed by atoms with E-state index >= 15 is 0 Å². The number of carbonyl (C=O) groups excluding carboxylic acids is 1. The van der Waals surface area contributed by atoms with E-state index in [0.29, 0.717) is 0 Å². The summed E-state index contributed by atoms with van der Waals surface area (Å²) in [5, 5.41) is 0. The van der Waals surface area contributed by atoms with Crippen LogP contribution in [0.4, 0.5) is 4.79 Å². The van der Waals surface area contributed by atoms with E-state index in [4.69, 9.17) is 0 Å². The van der Waals surface area contributed by atoms with E-state index in [1.54, 1.807) is 0 Å². The highest BCUT2D eigenvalue weighted by Gasteiger charge is 2.40. The first-order valence-electron chi connectivity index (χ1n) is 7.15. The largest absolute Gasteiger partial charge is 0.327 e. The summed E-state index contributed by atoms with van der Waals surface area (Å²) in [5.74, 6) is 2.66. The first-order chi connectivity index (χ1) is 8.15. The molecule has 3 nitrogen and oxygen atoms in total. The smallest absolute Gasteiger partial charge is 0.319 e. The molecular weight excluding hydrogens is 212 g/mol. The summed E-state index contributed by atoms with van der Waals surface area (Å²) < 4.78 is 0. The quantitative estimate of drug-likeness (QED) is 0.739. The maximum Gasteiger partial charge on any atom is 0.319 e. The van der Waals surface area contributed by atoms with Gasteiger partial charge in [-0.05, 0) is 50.9 Å². The zero-order chi connectivity index (χ0) is 12.4. The molecule has 0 aromatic rings. The summed E-state index contributed by atoms with van der Waals surface area (Å²) in [7, 11) is 1.96. The van der Waals surface area contributed by atoms with Crippen LogP contribution >= 0.6 is 0 Å². The Morgan fingerprint density at radius 3 is 2.35 bits per heavy atom. The molecule has 2 rings (SSSR count). The second-order valence-electron chi connectivity index (χ2n) is 5.77. The molecule has 2 amide bonds. The zero-order valence-electron chi connectivity index (χ0n) is 11.5. The van der Waals surface area contributed by atoms with Gasteiger partial charge in [0.25, 0.3) is 0 Å². The van der Waals surface area contributed by atoms with Gasteiger partial charge in [-0.1, -0.05) is 6.42 Å². The summed E-state index contributed by atoms with van der Waals surface area (Å²) in [5.41, 5.74) is 0. The fraction of sp³-hybridized carbons (Fsp3) is 0.929. The minimum absolute atomic E-state index is 0.206. The number of rotatable bonds is 4. The topological polar surface area (TPSA) is 23.6 Å². The van der Waals surface area contributed by atoms with Crippen molar-refractivity contribution in [3.05, 3.63) is 0 Å². The van der Waals surface area contributed by atoms with Crippen molar-refractivity contribution in [2.24, 2.45) is 17.8 Å². The monoisotopic (exact) mass is 238 g/mol. The normalized spacial score (nSPS) is 30.6. The van der Waals surface area contributed by atoms with Gasteiger partial charge in [0.1, 0.15) is 0 Å². The lowest BCUT2D eigenvalue weighted by Crippen LogP contribution is -2.43. The molecule has 3 atom stereocenters. The van der Waals surface area contributed by atoms with Gasteiger partial charge in [0.2, 0.25) is 0 Å². The van der Waals surface area contributed by atoms with Gasteiger partial charge in [0.05, 0.1) is 0 Å². The minimum Gasteiger partial charge on any atom is -0.327 e. The van der Waals surface area contributed by atoms with Gasteiger partial charge in [-0.2, -0.15) is 0 Å². The lowest BCUT2D eigenvalue weighted by atomic mass is 9.88. The number of urea groups is 1. The second-order valence-corrected chi connectivity index (χ2v) is 5.77. The van der Waals surface area contributed by atoms with Gasteiger partial charge in [-0.25, -0.2) is 4.79 Å². The van der Waals surface area contributed by atoms with Crippen molar-refractivity contribution >= 4 is 6.03 Å².